The quantitative estimate of drug-likeness (QED) is 0.770. The van der Waals surface area contributed by atoms with Crippen LogP contribution in [0.15, 0.2) is 53.3 Å². The Hall–Kier alpha value is -2.60. The van der Waals surface area contributed by atoms with Crippen molar-refractivity contribution in [2.75, 3.05) is 11.9 Å². The lowest BCUT2D eigenvalue weighted by Gasteiger charge is -2.12. The number of aromatic nitrogens is 1. The molecule has 1 unspecified atom stereocenters. The first-order valence-electron chi connectivity index (χ1n) is 7.74. The molecule has 1 N–H and O–H groups in total. The number of fused-ring (bicyclic) bond motifs is 1. The van der Waals surface area contributed by atoms with Crippen molar-refractivity contribution >= 4 is 33.2 Å². The summed E-state index contributed by atoms with van der Waals surface area (Å²) in [6.45, 7) is 4.23. The Labute approximate surface area is 143 Å². The van der Waals surface area contributed by atoms with Crippen molar-refractivity contribution < 1.29 is 9.53 Å². The summed E-state index contributed by atoms with van der Waals surface area (Å²) in [5.74, 6) is 0.525. The van der Waals surface area contributed by atoms with E-state index >= 15 is 0 Å². The Kier molecular flexibility index (Phi) is 4.66. The average molecular weight is 342 g/mol. The van der Waals surface area contributed by atoms with E-state index in [0.29, 0.717) is 17.7 Å². The van der Waals surface area contributed by atoms with Gasteiger partial charge >= 0.3 is 0 Å². The van der Waals surface area contributed by atoms with Crippen LogP contribution in [0.1, 0.15) is 19.9 Å². The van der Waals surface area contributed by atoms with Crippen LogP contribution in [-0.2, 0) is 4.79 Å². The largest absolute Gasteiger partial charge is 0.494 e. The first-order valence-corrected chi connectivity index (χ1v) is 8.51. The zero-order chi connectivity index (χ0) is 17.1. The van der Waals surface area contributed by atoms with E-state index in [1.54, 1.807) is 37.3 Å². The molecule has 124 valence electrons. The van der Waals surface area contributed by atoms with Gasteiger partial charge in [0.05, 0.1) is 16.7 Å². The fourth-order valence-electron chi connectivity index (χ4n) is 2.40. The normalized spacial score (nSPS) is 12.1. The molecule has 0 spiro atoms. The van der Waals surface area contributed by atoms with Crippen molar-refractivity contribution in [1.82, 2.24) is 3.96 Å². The Morgan fingerprint density at radius 1 is 1.21 bits per heavy atom. The summed E-state index contributed by atoms with van der Waals surface area (Å²) >= 11 is 1.30. The smallest absolute Gasteiger partial charge is 0.269 e. The van der Waals surface area contributed by atoms with E-state index in [-0.39, 0.29) is 11.5 Å². The van der Waals surface area contributed by atoms with E-state index in [4.69, 9.17) is 4.74 Å². The average Bonchev–Trinajstić information content (AvgIpc) is 2.93. The van der Waals surface area contributed by atoms with E-state index in [2.05, 4.69) is 5.32 Å². The molecule has 1 heterocycles. The molecule has 5 nitrogen and oxygen atoms in total. The number of hydrogen-bond acceptors (Lipinski definition) is 4. The fraction of sp³-hybridized carbons (Fsp3) is 0.222. The summed E-state index contributed by atoms with van der Waals surface area (Å²) in [4.78, 5) is 24.9. The van der Waals surface area contributed by atoms with E-state index in [1.165, 1.54) is 15.5 Å². The highest BCUT2D eigenvalue weighted by atomic mass is 32.1. The first-order chi connectivity index (χ1) is 11.6. The van der Waals surface area contributed by atoms with Gasteiger partial charge in [0.15, 0.2) is 0 Å². The molecule has 3 aromatic rings. The third-order valence-corrected chi connectivity index (χ3v) is 4.91. The molecule has 2 aromatic carbocycles. The van der Waals surface area contributed by atoms with Crippen LogP contribution in [0.2, 0.25) is 0 Å². The molecule has 0 bridgehead atoms. The maximum Gasteiger partial charge on any atom is 0.269 e. The van der Waals surface area contributed by atoms with Crippen molar-refractivity contribution in [3.8, 4) is 5.75 Å². The summed E-state index contributed by atoms with van der Waals surface area (Å²) in [6.07, 6.45) is 0. The fourth-order valence-corrected chi connectivity index (χ4v) is 3.44. The van der Waals surface area contributed by atoms with E-state index in [1.807, 2.05) is 25.1 Å². The number of ether oxygens (including phenoxy) is 1. The second-order valence-corrected chi connectivity index (χ2v) is 6.36. The molecular formula is C18H18N2O3S. The molecule has 0 aliphatic rings. The van der Waals surface area contributed by atoms with Crippen molar-refractivity contribution in [1.29, 1.82) is 0 Å². The molecule has 0 fully saturated rings. The molecule has 0 aliphatic carbocycles. The van der Waals surface area contributed by atoms with Crippen LogP contribution in [0.4, 0.5) is 5.69 Å². The first kappa shape index (κ1) is 16.3. The molecule has 0 saturated carbocycles. The number of benzene rings is 2. The zero-order valence-corrected chi connectivity index (χ0v) is 14.3. The monoisotopic (exact) mass is 342 g/mol. The minimum atomic E-state index is -0.582. The summed E-state index contributed by atoms with van der Waals surface area (Å²) in [6, 6.07) is 14.0. The SMILES string of the molecule is CCOc1ccc(NC(=O)C(C)n2sc3ccccc3c2=O)cc1. The molecule has 3 rings (SSSR count). The van der Waals surface area contributed by atoms with Crippen molar-refractivity contribution in [2.45, 2.75) is 19.9 Å². The third-order valence-electron chi connectivity index (χ3n) is 3.68. The lowest BCUT2D eigenvalue weighted by molar-refractivity contribution is -0.118. The van der Waals surface area contributed by atoms with Gasteiger partial charge in [0.1, 0.15) is 11.8 Å². The Morgan fingerprint density at radius 2 is 1.92 bits per heavy atom. The van der Waals surface area contributed by atoms with Gasteiger partial charge in [0.2, 0.25) is 5.91 Å². The Morgan fingerprint density at radius 3 is 2.58 bits per heavy atom. The second-order valence-electron chi connectivity index (χ2n) is 5.34. The summed E-state index contributed by atoms with van der Waals surface area (Å²) < 4.78 is 7.76. The van der Waals surface area contributed by atoms with Crippen LogP contribution in [0.5, 0.6) is 5.75 Å². The number of anilines is 1. The number of hydrogen-bond donors (Lipinski definition) is 1. The van der Waals surface area contributed by atoms with Gasteiger partial charge in [0, 0.05) is 5.69 Å². The maximum atomic E-state index is 12.5. The van der Waals surface area contributed by atoms with Crippen LogP contribution in [-0.4, -0.2) is 16.5 Å². The molecule has 1 amide bonds. The van der Waals surface area contributed by atoms with Gasteiger partial charge in [-0.05, 0) is 50.2 Å². The molecule has 6 heteroatoms. The molecule has 1 aromatic heterocycles. The van der Waals surface area contributed by atoms with E-state index in [0.717, 1.165) is 10.4 Å². The Balaban J connectivity index is 1.78. The van der Waals surface area contributed by atoms with Gasteiger partial charge in [-0.1, -0.05) is 23.7 Å². The summed E-state index contributed by atoms with van der Waals surface area (Å²) in [5.41, 5.74) is 0.536. The highest BCUT2D eigenvalue weighted by Gasteiger charge is 2.19. The molecule has 0 radical (unpaired) electrons. The Bertz CT molecular complexity index is 912. The van der Waals surface area contributed by atoms with Crippen molar-refractivity contribution in [3.05, 3.63) is 58.9 Å². The van der Waals surface area contributed by atoms with Gasteiger partial charge in [-0.2, -0.15) is 0 Å². The van der Waals surface area contributed by atoms with Gasteiger partial charge in [-0.3, -0.25) is 13.5 Å². The topological polar surface area (TPSA) is 60.3 Å². The predicted molar refractivity (Wildman–Crippen MR) is 97.0 cm³/mol. The highest BCUT2D eigenvalue weighted by Crippen LogP contribution is 2.21. The molecule has 1 atom stereocenters. The predicted octanol–water partition coefficient (Wildman–Crippen LogP) is 3.66. The minimum absolute atomic E-state index is 0.134. The van der Waals surface area contributed by atoms with Crippen LogP contribution in [0.25, 0.3) is 10.1 Å². The number of rotatable bonds is 5. The second kappa shape index (κ2) is 6.88. The molecular weight excluding hydrogens is 324 g/mol. The van der Waals surface area contributed by atoms with Crippen LogP contribution in [0.3, 0.4) is 0 Å². The van der Waals surface area contributed by atoms with Crippen LogP contribution >= 0.6 is 11.5 Å². The molecule has 0 aliphatic heterocycles. The van der Waals surface area contributed by atoms with Gasteiger partial charge in [0.25, 0.3) is 5.56 Å². The van der Waals surface area contributed by atoms with Crippen LogP contribution in [0, 0.1) is 0 Å². The number of nitrogens with one attached hydrogen (secondary N) is 1. The number of amides is 1. The van der Waals surface area contributed by atoms with Gasteiger partial charge in [-0.25, -0.2) is 0 Å². The third kappa shape index (κ3) is 3.19. The van der Waals surface area contributed by atoms with Gasteiger partial charge in [-0.15, -0.1) is 0 Å². The molecule has 24 heavy (non-hydrogen) atoms. The van der Waals surface area contributed by atoms with E-state index < -0.39 is 6.04 Å². The van der Waals surface area contributed by atoms with E-state index in [9.17, 15) is 9.59 Å². The molecule has 0 saturated heterocycles. The zero-order valence-electron chi connectivity index (χ0n) is 13.5. The van der Waals surface area contributed by atoms with Crippen LogP contribution < -0.4 is 15.6 Å². The number of carbonyl (C=O) groups excluding carboxylic acids is 1. The number of nitrogens with zero attached hydrogens (tertiary/aromatic N) is 1. The summed E-state index contributed by atoms with van der Waals surface area (Å²) in [7, 11) is 0. The standard InChI is InChI=1S/C18H18N2O3S/c1-3-23-14-10-8-13(9-11-14)19-17(21)12(2)20-18(22)15-6-4-5-7-16(15)24-20/h4-12H,3H2,1-2H3,(H,19,21). The maximum absolute atomic E-state index is 12.5. The lowest BCUT2D eigenvalue weighted by Crippen LogP contribution is -2.28. The minimum Gasteiger partial charge on any atom is -0.494 e. The highest BCUT2D eigenvalue weighted by molar-refractivity contribution is 7.14. The lowest BCUT2D eigenvalue weighted by atomic mass is 10.2. The van der Waals surface area contributed by atoms with Gasteiger partial charge < -0.3 is 10.1 Å². The van der Waals surface area contributed by atoms with Crippen molar-refractivity contribution in [2.24, 2.45) is 0 Å². The number of carbonyl (C=O) groups is 1. The van der Waals surface area contributed by atoms with Crippen molar-refractivity contribution in [3.63, 3.8) is 0 Å². The summed E-state index contributed by atoms with van der Waals surface area (Å²) in [5, 5.41) is 3.48.